The smallest absolute Gasteiger partial charge is 0.325 e. The Kier molecular flexibility index (Phi) is 25.5. The number of rotatable bonds is 33. The van der Waals surface area contributed by atoms with Crippen molar-refractivity contribution in [3.05, 3.63) is 35.9 Å². The van der Waals surface area contributed by atoms with E-state index in [1.165, 1.54) is 0 Å². The van der Waals surface area contributed by atoms with E-state index in [0.29, 0.717) is 19.8 Å². The highest BCUT2D eigenvalue weighted by Crippen LogP contribution is 2.49. The minimum Gasteiger partial charge on any atom is -0.463 e. The average molecular weight is 845 g/mol. The minimum absolute atomic E-state index is 0.00170. The maximum absolute atomic E-state index is 14.2. The summed E-state index contributed by atoms with van der Waals surface area (Å²) in [7, 11) is -3.52. The molecule has 0 spiro atoms. The van der Waals surface area contributed by atoms with Crippen molar-refractivity contribution in [3.63, 3.8) is 0 Å². The van der Waals surface area contributed by atoms with Crippen LogP contribution in [-0.2, 0) is 61.4 Å². The van der Waals surface area contributed by atoms with E-state index in [2.05, 4.69) is 5.32 Å². The van der Waals surface area contributed by atoms with Gasteiger partial charge in [-0.15, -0.1) is 0 Å². The summed E-state index contributed by atoms with van der Waals surface area (Å²) in [6.45, 7) is 11.0. The Balaban J connectivity index is 2.94. The summed E-state index contributed by atoms with van der Waals surface area (Å²) in [4.78, 5) is 62.2. The van der Waals surface area contributed by atoms with Crippen molar-refractivity contribution in [1.82, 2.24) is 5.32 Å². The number of benzene rings is 1. The van der Waals surface area contributed by atoms with Crippen LogP contribution in [-0.4, -0.2) is 133 Å². The monoisotopic (exact) mass is 844 g/mol. The van der Waals surface area contributed by atoms with Crippen LogP contribution in [0.2, 0.25) is 0 Å². The maximum Gasteiger partial charge on any atom is 0.325 e. The van der Waals surface area contributed by atoms with Crippen LogP contribution >= 0.6 is 7.60 Å². The van der Waals surface area contributed by atoms with Crippen LogP contribution in [0.4, 0.5) is 0 Å². The lowest BCUT2D eigenvalue weighted by Crippen LogP contribution is -2.46. The fourth-order valence-corrected chi connectivity index (χ4v) is 6.84. The maximum atomic E-state index is 14.2. The van der Waals surface area contributed by atoms with Crippen LogP contribution in [0.15, 0.2) is 30.3 Å². The Morgan fingerprint density at radius 2 is 1.21 bits per heavy atom. The Hall–Kier alpha value is -3.46. The zero-order valence-electron chi connectivity index (χ0n) is 35.0. The van der Waals surface area contributed by atoms with E-state index in [-0.39, 0.29) is 111 Å². The molecule has 1 aromatic carbocycles. The fourth-order valence-electron chi connectivity index (χ4n) is 6.42. The molecule has 5 unspecified atom stereocenters. The van der Waals surface area contributed by atoms with Gasteiger partial charge in [0.15, 0.2) is 0 Å². The van der Waals surface area contributed by atoms with Crippen molar-refractivity contribution in [2.24, 2.45) is 16.2 Å². The molecule has 3 N–H and O–H groups in total. The van der Waals surface area contributed by atoms with Crippen LogP contribution in [0.5, 0.6) is 0 Å². The minimum atomic E-state index is -3.52. The molecule has 18 heteroatoms. The number of ether oxygens (including phenoxy) is 7. The average Bonchev–Trinajstić information content (AvgIpc) is 3.17. The number of aliphatic hydroxyl groups excluding tert-OH is 1. The van der Waals surface area contributed by atoms with Crippen molar-refractivity contribution >= 4 is 31.4 Å². The lowest BCUT2D eigenvalue weighted by atomic mass is 9.62. The number of nitrogens with zero attached hydrogens (tertiary/aromatic N) is 1. The number of aliphatic hydroxyl groups is 1. The third-order valence-corrected chi connectivity index (χ3v) is 9.96. The summed E-state index contributed by atoms with van der Waals surface area (Å²) in [5, 5.41) is 20.7. The summed E-state index contributed by atoms with van der Waals surface area (Å²) < 4.78 is 54.3. The number of carbonyl (C=O) groups is 4. The molecule has 0 aromatic heterocycles. The molecule has 0 saturated heterocycles. The zero-order valence-corrected chi connectivity index (χ0v) is 35.9. The van der Waals surface area contributed by atoms with Gasteiger partial charge in [0, 0.05) is 6.66 Å². The molecular weight excluding hydrogens is 779 g/mol. The van der Waals surface area contributed by atoms with E-state index in [4.69, 9.17) is 47.8 Å². The Bertz CT molecular complexity index is 1460. The Labute approximate surface area is 342 Å². The third kappa shape index (κ3) is 21.5. The van der Waals surface area contributed by atoms with Crippen LogP contribution in [0.25, 0.3) is 0 Å². The predicted octanol–water partition coefficient (Wildman–Crippen LogP) is 3.94. The molecule has 0 radical (unpaired) electrons. The van der Waals surface area contributed by atoms with Crippen LogP contribution in [0.3, 0.4) is 0 Å². The zero-order chi connectivity index (χ0) is 43.5. The largest absolute Gasteiger partial charge is 0.463 e. The molecule has 0 aliphatic carbocycles. The summed E-state index contributed by atoms with van der Waals surface area (Å²) >= 11 is 0. The van der Waals surface area contributed by atoms with Gasteiger partial charge >= 0.3 is 25.5 Å². The molecule has 1 aromatic rings. The van der Waals surface area contributed by atoms with Gasteiger partial charge < -0.3 is 53.0 Å². The summed E-state index contributed by atoms with van der Waals surface area (Å²) in [5.74, 6) is -2.48. The summed E-state index contributed by atoms with van der Waals surface area (Å²) in [6.07, 6.45) is 0.117. The Morgan fingerprint density at radius 3 is 1.72 bits per heavy atom. The standard InChI is InChI=1S/C40H65N2O15P/c1-7-38(3,35(45)54-17-15-42-34(44)13-14-41)30-40(5,31-39(4,36(46)55-18-16-43)29-32(2)33-11-9-8-10-12-33)37(47)56-27-25-52-23-21-50-19-20-51-22-24-53-26-28-57-58(6,48)49/h8-12,32,43H,7,13,15-31H2,1-6H3,(H,42,44)(H,48,49). The van der Waals surface area contributed by atoms with Crippen molar-refractivity contribution in [2.45, 2.75) is 72.6 Å². The molecule has 1 amide bonds. The number of nitrogens with one attached hydrogen (secondary N) is 1. The topological polar surface area (TPSA) is 235 Å². The van der Waals surface area contributed by atoms with Gasteiger partial charge in [0.25, 0.3) is 0 Å². The molecule has 0 bridgehead atoms. The van der Waals surface area contributed by atoms with Gasteiger partial charge in [0.1, 0.15) is 26.2 Å². The number of hydrogen-bond donors (Lipinski definition) is 3. The molecule has 58 heavy (non-hydrogen) atoms. The number of carbonyl (C=O) groups excluding carboxylic acids is 4. The van der Waals surface area contributed by atoms with E-state index in [1.54, 1.807) is 33.8 Å². The Morgan fingerprint density at radius 1 is 0.741 bits per heavy atom. The normalized spacial score (nSPS) is 16.0. The number of amides is 1. The molecule has 17 nitrogen and oxygen atoms in total. The van der Waals surface area contributed by atoms with Crippen molar-refractivity contribution in [1.29, 1.82) is 5.26 Å². The van der Waals surface area contributed by atoms with E-state index >= 15 is 0 Å². The van der Waals surface area contributed by atoms with Crippen molar-refractivity contribution < 1.29 is 71.4 Å². The summed E-state index contributed by atoms with van der Waals surface area (Å²) in [5.41, 5.74) is -2.92. The second-order valence-electron chi connectivity index (χ2n) is 14.8. The van der Waals surface area contributed by atoms with Gasteiger partial charge in [-0.05, 0) is 57.9 Å². The first-order chi connectivity index (χ1) is 27.4. The van der Waals surface area contributed by atoms with Crippen LogP contribution in [0.1, 0.15) is 78.2 Å². The van der Waals surface area contributed by atoms with Crippen molar-refractivity contribution in [3.8, 4) is 6.07 Å². The quantitative estimate of drug-likeness (QED) is 0.0393. The first-order valence-electron chi connectivity index (χ1n) is 19.5. The third-order valence-electron chi connectivity index (χ3n) is 9.30. The predicted molar refractivity (Wildman–Crippen MR) is 211 cm³/mol. The highest BCUT2D eigenvalue weighted by atomic mass is 31.2. The fraction of sp³-hybridized carbons (Fsp3) is 0.725. The molecule has 5 atom stereocenters. The molecule has 0 fully saturated rings. The van der Waals surface area contributed by atoms with Crippen molar-refractivity contribution in [2.75, 3.05) is 99.1 Å². The SMILES string of the molecule is CCC(C)(CC(C)(CC(C)(CC(C)c1ccccc1)C(=O)OCCO)C(=O)OCCOCCOCCOCCOCCOP(C)(=O)O)C(=O)OCCNC(=O)CC#N. The second kappa shape index (κ2) is 28.1. The number of nitriles is 1. The molecule has 0 heterocycles. The molecular formula is C40H65N2O15P. The van der Waals surface area contributed by atoms with Gasteiger partial charge in [-0.1, -0.05) is 44.2 Å². The number of esters is 3. The van der Waals surface area contributed by atoms with E-state index in [0.717, 1.165) is 12.2 Å². The first kappa shape index (κ1) is 52.6. The molecule has 0 aliphatic rings. The molecule has 330 valence electrons. The lowest BCUT2D eigenvalue weighted by Gasteiger charge is -2.41. The van der Waals surface area contributed by atoms with Crippen LogP contribution in [0, 0.1) is 27.6 Å². The van der Waals surface area contributed by atoms with Gasteiger partial charge in [0.2, 0.25) is 5.91 Å². The number of hydrogen-bond acceptors (Lipinski definition) is 15. The molecule has 0 aliphatic heterocycles. The van der Waals surface area contributed by atoms with Gasteiger partial charge in [-0.25, -0.2) is 0 Å². The highest BCUT2D eigenvalue weighted by Gasteiger charge is 2.51. The highest BCUT2D eigenvalue weighted by molar-refractivity contribution is 7.51. The van der Waals surface area contributed by atoms with Gasteiger partial charge in [0.05, 0.1) is 94.9 Å². The summed E-state index contributed by atoms with van der Waals surface area (Å²) in [6, 6.07) is 11.3. The van der Waals surface area contributed by atoms with E-state index < -0.39 is 47.7 Å². The lowest BCUT2D eigenvalue weighted by molar-refractivity contribution is -0.171. The molecule has 0 saturated carbocycles. The van der Waals surface area contributed by atoms with E-state index in [9.17, 15) is 28.8 Å². The first-order valence-corrected chi connectivity index (χ1v) is 21.5. The van der Waals surface area contributed by atoms with E-state index in [1.807, 2.05) is 37.3 Å². The van der Waals surface area contributed by atoms with Gasteiger partial charge in [-0.2, -0.15) is 5.26 Å². The van der Waals surface area contributed by atoms with Gasteiger partial charge in [-0.3, -0.25) is 23.7 Å². The van der Waals surface area contributed by atoms with Crippen LogP contribution < -0.4 is 5.32 Å². The molecule has 1 rings (SSSR count). The second-order valence-corrected chi connectivity index (χ2v) is 16.7.